The first-order chi connectivity index (χ1) is 22.1. The van der Waals surface area contributed by atoms with Crippen molar-refractivity contribution in [1.82, 2.24) is 20.0 Å². The van der Waals surface area contributed by atoms with Gasteiger partial charge in [0.05, 0.1) is 36.4 Å². The van der Waals surface area contributed by atoms with Crippen molar-refractivity contribution in [1.29, 1.82) is 0 Å². The number of sulfonamides is 1. The maximum absolute atomic E-state index is 14.2. The summed E-state index contributed by atoms with van der Waals surface area (Å²) >= 11 is 7.61. The van der Waals surface area contributed by atoms with E-state index in [0.717, 1.165) is 15.8 Å². The number of carbonyl (C=O) groups is 2. The van der Waals surface area contributed by atoms with Crippen LogP contribution >= 0.6 is 23.1 Å². The number of nitrogens with zero attached hydrogens (tertiary/aromatic N) is 3. The lowest BCUT2D eigenvalue weighted by Gasteiger charge is -2.33. The number of rotatable bonds is 17. The van der Waals surface area contributed by atoms with E-state index in [9.17, 15) is 23.1 Å². The second kappa shape index (κ2) is 16.2. The summed E-state index contributed by atoms with van der Waals surface area (Å²) in [5.74, 6) is 0.764. The molecule has 0 aliphatic rings. The lowest BCUT2D eigenvalue weighted by Crippen LogP contribution is -2.42. The van der Waals surface area contributed by atoms with Gasteiger partial charge in [0.15, 0.2) is 0 Å². The molecule has 0 saturated heterocycles. The van der Waals surface area contributed by atoms with Crippen molar-refractivity contribution in [2.24, 2.45) is 11.3 Å². The fraction of sp³-hybridized carbons (Fsp3) is 0.467. The molecule has 47 heavy (non-hydrogen) atoms. The second-order valence-corrected chi connectivity index (χ2v) is 14.7. The second-order valence-electron chi connectivity index (χ2n) is 11.7. The van der Waals surface area contributed by atoms with Crippen LogP contribution in [-0.2, 0) is 16.6 Å². The highest BCUT2D eigenvalue weighted by atomic mass is 35.5. The molecule has 258 valence electrons. The Morgan fingerprint density at radius 2 is 1.85 bits per heavy atom. The van der Waals surface area contributed by atoms with E-state index < -0.39 is 28.3 Å². The summed E-state index contributed by atoms with van der Waals surface area (Å²) in [4.78, 5) is 26.5. The first kappa shape index (κ1) is 37.4. The number of carboxylic acid groups (broad SMARTS) is 2. The third-order valence-corrected chi connectivity index (χ3v) is 10.7. The Morgan fingerprint density at radius 1 is 1.13 bits per heavy atom. The van der Waals surface area contributed by atoms with Gasteiger partial charge in [-0.05, 0) is 67.9 Å². The van der Waals surface area contributed by atoms with Gasteiger partial charge in [0.1, 0.15) is 17.8 Å². The predicted molar refractivity (Wildman–Crippen MR) is 181 cm³/mol. The number of aromatic nitrogens is 2. The first-order valence-corrected chi connectivity index (χ1v) is 17.2. The molecule has 1 aromatic heterocycles. The van der Waals surface area contributed by atoms with Gasteiger partial charge in [-0.15, -0.1) is 0 Å². The summed E-state index contributed by atoms with van der Waals surface area (Å²) < 4.78 is 44.3. The zero-order valence-electron chi connectivity index (χ0n) is 27.0. The number of benzene rings is 2. The molecule has 3 aromatic rings. The number of methoxy groups -OCH3 is 2. The van der Waals surface area contributed by atoms with E-state index in [0.29, 0.717) is 47.7 Å². The molecule has 0 saturated carbocycles. The molecule has 5 N–H and O–H groups in total. The fourth-order valence-corrected chi connectivity index (χ4v) is 7.82. The van der Waals surface area contributed by atoms with Crippen LogP contribution in [0.2, 0.25) is 5.02 Å². The van der Waals surface area contributed by atoms with Crippen LogP contribution in [0.25, 0.3) is 0 Å². The zero-order valence-corrected chi connectivity index (χ0v) is 29.4. The predicted octanol–water partition coefficient (Wildman–Crippen LogP) is 5.67. The van der Waals surface area contributed by atoms with Gasteiger partial charge in [-0.25, -0.2) is 27.3 Å². The number of aryl methyl sites for hydroxylation is 1. The van der Waals surface area contributed by atoms with E-state index in [4.69, 9.17) is 26.2 Å². The SMILES string of the molecule is COc1ccc(CN(c2ncns2)S(=O)(=O)c2cc(Cl)c(NCC(CC(C)(C)CCNC(=O)O)C(C)NC(=O)O)cc2C)c(OC)c1. The van der Waals surface area contributed by atoms with E-state index in [1.165, 1.54) is 26.6 Å². The highest BCUT2D eigenvalue weighted by Gasteiger charge is 2.32. The molecule has 17 heteroatoms. The topological polar surface area (TPSA) is 192 Å². The summed E-state index contributed by atoms with van der Waals surface area (Å²) in [5.41, 5.74) is 1.13. The van der Waals surface area contributed by atoms with E-state index in [-0.39, 0.29) is 39.5 Å². The van der Waals surface area contributed by atoms with Crippen molar-refractivity contribution < 1.29 is 37.7 Å². The average Bonchev–Trinajstić information content (AvgIpc) is 3.53. The van der Waals surface area contributed by atoms with Gasteiger partial charge in [0, 0.05) is 42.3 Å². The number of amides is 2. The van der Waals surface area contributed by atoms with Crippen LogP contribution in [0.15, 0.2) is 41.6 Å². The third kappa shape index (κ3) is 10.2. The number of hydrogen-bond donors (Lipinski definition) is 5. The first-order valence-electron chi connectivity index (χ1n) is 14.6. The number of anilines is 2. The normalized spacial score (nSPS) is 12.9. The van der Waals surface area contributed by atoms with Crippen molar-refractivity contribution in [3.05, 3.63) is 52.8 Å². The van der Waals surface area contributed by atoms with E-state index >= 15 is 0 Å². The van der Waals surface area contributed by atoms with Gasteiger partial charge in [0.2, 0.25) is 5.13 Å². The van der Waals surface area contributed by atoms with Gasteiger partial charge in [-0.1, -0.05) is 25.4 Å². The van der Waals surface area contributed by atoms with Crippen molar-refractivity contribution in [3.8, 4) is 11.5 Å². The van der Waals surface area contributed by atoms with Crippen LogP contribution in [0.1, 0.15) is 44.7 Å². The van der Waals surface area contributed by atoms with Crippen LogP contribution in [0.3, 0.4) is 0 Å². The van der Waals surface area contributed by atoms with Crippen LogP contribution in [0, 0.1) is 18.3 Å². The van der Waals surface area contributed by atoms with Crippen molar-refractivity contribution in [2.75, 3.05) is 36.9 Å². The molecule has 0 spiro atoms. The Balaban J connectivity index is 1.90. The third-order valence-electron chi connectivity index (χ3n) is 7.71. The Labute approximate surface area is 283 Å². The van der Waals surface area contributed by atoms with Crippen molar-refractivity contribution in [3.63, 3.8) is 0 Å². The maximum atomic E-state index is 14.2. The minimum Gasteiger partial charge on any atom is -0.497 e. The number of hydrogen-bond acceptors (Lipinski definition) is 10. The molecule has 0 aliphatic carbocycles. The van der Waals surface area contributed by atoms with Crippen LogP contribution < -0.4 is 29.7 Å². The standard InChI is InChI=1S/C30H41ClN6O8S2/c1-18-11-24(33-15-21(19(2)36-29(40)41)14-30(3,4)9-10-32-28(38)39)23(31)13-26(18)47(42,43)37(27-34-17-35-46-27)16-20-7-8-22(44-5)12-25(20)45-6/h7-8,11-13,17,19,21,32-33,36H,9-10,14-16H2,1-6H3,(H,38,39)(H,40,41). The number of halogens is 1. The van der Waals surface area contributed by atoms with Crippen molar-refractivity contribution in [2.45, 2.75) is 58.0 Å². The highest BCUT2D eigenvalue weighted by Crippen LogP contribution is 2.36. The molecule has 0 fully saturated rings. The minimum absolute atomic E-state index is 0.0275. The molecule has 2 atom stereocenters. The quantitative estimate of drug-likeness (QED) is 0.116. The van der Waals surface area contributed by atoms with Gasteiger partial charge < -0.3 is 35.6 Å². The Morgan fingerprint density at radius 3 is 2.45 bits per heavy atom. The monoisotopic (exact) mass is 712 g/mol. The van der Waals surface area contributed by atoms with Crippen LogP contribution in [0.4, 0.5) is 20.4 Å². The summed E-state index contributed by atoms with van der Waals surface area (Å²) in [5, 5.41) is 26.7. The van der Waals surface area contributed by atoms with Gasteiger partial charge in [-0.3, -0.25) is 0 Å². The van der Waals surface area contributed by atoms with E-state index in [1.54, 1.807) is 38.1 Å². The maximum Gasteiger partial charge on any atom is 0.404 e. The Hall–Kier alpha value is -4.02. The lowest BCUT2D eigenvalue weighted by molar-refractivity contribution is 0.173. The molecule has 0 radical (unpaired) electrons. The number of ether oxygens (including phenoxy) is 2. The molecule has 2 amide bonds. The van der Waals surface area contributed by atoms with Gasteiger partial charge >= 0.3 is 12.2 Å². The Bertz CT molecular complexity index is 1640. The molecule has 2 unspecified atom stereocenters. The van der Waals surface area contributed by atoms with E-state index in [2.05, 4.69) is 25.3 Å². The molecule has 0 aliphatic heterocycles. The summed E-state index contributed by atoms with van der Waals surface area (Å²) in [6.45, 7) is 7.84. The molecule has 1 heterocycles. The number of nitrogens with one attached hydrogen (secondary N) is 3. The van der Waals surface area contributed by atoms with Crippen LogP contribution in [-0.4, -0.2) is 73.5 Å². The van der Waals surface area contributed by atoms with Crippen LogP contribution in [0.5, 0.6) is 11.5 Å². The average molecular weight is 713 g/mol. The largest absolute Gasteiger partial charge is 0.497 e. The smallest absolute Gasteiger partial charge is 0.404 e. The summed E-state index contributed by atoms with van der Waals surface area (Å²) in [6, 6.07) is 7.64. The van der Waals surface area contributed by atoms with Gasteiger partial charge in [0.25, 0.3) is 10.0 Å². The zero-order chi connectivity index (χ0) is 34.9. The summed E-state index contributed by atoms with van der Waals surface area (Å²) in [7, 11) is -1.20. The molecule has 0 bridgehead atoms. The molecule has 3 rings (SSSR count). The summed E-state index contributed by atoms with van der Waals surface area (Å²) in [6.07, 6.45) is 0.0969. The van der Waals surface area contributed by atoms with Gasteiger partial charge in [-0.2, -0.15) is 4.37 Å². The Kier molecular flexibility index (Phi) is 12.9. The minimum atomic E-state index is -4.21. The highest BCUT2D eigenvalue weighted by molar-refractivity contribution is 7.93. The molecular weight excluding hydrogens is 672 g/mol. The molecule has 2 aromatic carbocycles. The fourth-order valence-electron chi connectivity index (χ4n) is 5.16. The lowest BCUT2D eigenvalue weighted by atomic mass is 9.77. The van der Waals surface area contributed by atoms with E-state index in [1.807, 2.05) is 13.8 Å². The molecule has 14 nitrogen and oxygen atoms in total. The van der Waals surface area contributed by atoms with Crippen molar-refractivity contribution >= 4 is 56.2 Å². The molecular formula is C30H41ClN6O8S2.